The Morgan fingerprint density at radius 2 is 1.79 bits per heavy atom. The summed E-state index contributed by atoms with van der Waals surface area (Å²) in [6.45, 7) is 0.462. The molecule has 0 spiro atoms. The smallest absolute Gasteiger partial charge is 0.416 e. The third-order valence-corrected chi connectivity index (χ3v) is 5.71. The van der Waals surface area contributed by atoms with Crippen LogP contribution in [-0.4, -0.2) is 49.6 Å². The highest BCUT2D eigenvalue weighted by atomic mass is 19.4. The molecule has 0 radical (unpaired) electrons. The van der Waals surface area contributed by atoms with Crippen LogP contribution in [0.2, 0.25) is 0 Å². The fourth-order valence-corrected chi connectivity index (χ4v) is 4.25. The first kappa shape index (κ1) is 20.3. The van der Waals surface area contributed by atoms with Crippen molar-refractivity contribution in [3.8, 4) is 5.75 Å². The summed E-state index contributed by atoms with van der Waals surface area (Å²) in [5, 5.41) is 5.90. The predicted octanol–water partition coefficient (Wildman–Crippen LogP) is 3.25. The van der Waals surface area contributed by atoms with Crippen LogP contribution in [0.1, 0.15) is 37.7 Å². The molecule has 29 heavy (non-hydrogen) atoms. The van der Waals surface area contributed by atoms with Crippen LogP contribution in [0.4, 0.5) is 18.0 Å². The van der Waals surface area contributed by atoms with Crippen LogP contribution in [0.5, 0.6) is 5.75 Å². The van der Waals surface area contributed by atoms with Gasteiger partial charge in [0.05, 0.1) is 24.8 Å². The Hall–Kier alpha value is -2.00. The van der Waals surface area contributed by atoms with Gasteiger partial charge in [-0.25, -0.2) is 4.79 Å². The Labute approximate surface area is 167 Å². The van der Waals surface area contributed by atoms with Gasteiger partial charge in [0, 0.05) is 6.04 Å². The first-order valence-corrected chi connectivity index (χ1v) is 10.0. The number of carbonyl (C=O) groups excluding carboxylic acids is 1. The zero-order chi connectivity index (χ0) is 20.4. The first-order chi connectivity index (χ1) is 13.9. The number of urea groups is 1. The van der Waals surface area contributed by atoms with Gasteiger partial charge in [-0.15, -0.1) is 0 Å². The lowest BCUT2D eigenvalue weighted by Crippen LogP contribution is -2.51. The molecule has 4 rings (SSSR count). The van der Waals surface area contributed by atoms with E-state index < -0.39 is 23.9 Å². The van der Waals surface area contributed by atoms with E-state index in [0.29, 0.717) is 0 Å². The lowest BCUT2D eigenvalue weighted by molar-refractivity contribution is -0.137. The topological polar surface area (TPSA) is 68.8 Å². The summed E-state index contributed by atoms with van der Waals surface area (Å²) in [7, 11) is 0. The van der Waals surface area contributed by atoms with Crippen LogP contribution >= 0.6 is 0 Å². The fourth-order valence-electron chi connectivity index (χ4n) is 4.25. The van der Waals surface area contributed by atoms with E-state index in [4.69, 9.17) is 14.2 Å². The highest BCUT2D eigenvalue weighted by Gasteiger charge is 2.49. The van der Waals surface area contributed by atoms with Gasteiger partial charge in [-0.1, -0.05) is 25.3 Å². The molecule has 2 saturated heterocycles. The summed E-state index contributed by atoms with van der Waals surface area (Å²) >= 11 is 0. The molecule has 2 aliphatic heterocycles. The van der Waals surface area contributed by atoms with Crippen LogP contribution < -0.4 is 15.4 Å². The minimum absolute atomic E-state index is 0.115. The lowest BCUT2D eigenvalue weighted by atomic mass is 9.96. The van der Waals surface area contributed by atoms with Crippen molar-refractivity contribution in [2.75, 3.05) is 13.2 Å². The Kier molecular flexibility index (Phi) is 5.87. The maximum absolute atomic E-state index is 12.9. The van der Waals surface area contributed by atoms with Gasteiger partial charge in [-0.3, -0.25) is 0 Å². The van der Waals surface area contributed by atoms with E-state index in [9.17, 15) is 18.0 Å². The van der Waals surface area contributed by atoms with Gasteiger partial charge < -0.3 is 24.8 Å². The van der Waals surface area contributed by atoms with Gasteiger partial charge in [0.1, 0.15) is 18.0 Å². The van der Waals surface area contributed by atoms with E-state index in [1.165, 1.54) is 18.6 Å². The molecule has 1 aromatic rings. The molecule has 160 valence electrons. The van der Waals surface area contributed by atoms with Gasteiger partial charge >= 0.3 is 12.2 Å². The van der Waals surface area contributed by atoms with Gasteiger partial charge in [-0.05, 0) is 31.0 Å². The summed E-state index contributed by atoms with van der Waals surface area (Å²) in [5.41, 5.74) is -0.767. The standard InChI is InChI=1S/C20H25F3N2O4/c21-20(22,23)12-5-4-8-14(9-12)29-16-11-28-17-15(10-27-18(16)17)25-19(26)24-13-6-2-1-3-7-13/h4-5,8-9,13,15-18H,1-3,6-7,10-11H2,(H2,24,25,26)/t15-,16-,17+,18+/m0/s1. The first-order valence-electron chi connectivity index (χ1n) is 10.0. The summed E-state index contributed by atoms with van der Waals surface area (Å²) in [4.78, 5) is 12.3. The number of nitrogens with one attached hydrogen (secondary N) is 2. The van der Waals surface area contributed by atoms with Crippen LogP contribution in [0.15, 0.2) is 24.3 Å². The molecule has 9 heteroatoms. The maximum atomic E-state index is 12.9. The molecule has 4 atom stereocenters. The van der Waals surface area contributed by atoms with Crippen molar-refractivity contribution in [2.45, 2.75) is 68.7 Å². The number of fused-ring (bicyclic) bond motifs is 1. The highest BCUT2D eigenvalue weighted by molar-refractivity contribution is 5.74. The summed E-state index contributed by atoms with van der Waals surface area (Å²) < 4.78 is 55.9. The van der Waals surface area contributed by atoms with Crippen molar-refractivity contribution in [1.82, 2.24) is 10.6 Å². The van der Waals surface area contributed by atoms with Gasteiger partial charge in [0.15, 0.2) is 6.10 Å². The Morgan fingerprint density at radius 1 is 1.03 bits per heavy atom. The van der Waals surface area contributed by atoms with Crippen molar-refractivity contribution in [3.63, 3.8) is 0 Å². The second-order valence-electron chi connectivity index (χ2n) is 7.84. The molecular formula is C20H25F3N2O4. The van der Waals surface area contributed by atoms with Crippen LogP contribution in [0, 0.1) is 0 Å². The molecule has 0 bridgehead atoms. The molecule has 3 fully saturated rings. The molecule has 0 unspecified atom stereocenters. The number of benzene rings is 1. The van der Waals surface area contributed by atoms with Crippen molar-refractivity contribution in [1.29, 1.82) is 0 Å². The molecule has 6 nitrogen and oxygen atoms in total. The second-order valence-corrected chi connectivity index (χ2v) is 7.84. The van der Waals surface area contributed by atoms with Gasteiger partial charge in [-0.2, -0.15) is 13.2 Å². The number of ether oxygens (including phenoxy) is 3. The number of carbonyl (C=O) groups is 1. The van der Waals surface area contributed by atoms with Crippen LogP contribution in [-0.2, 0) is 15.7 Å². The quantitative estimate of drug-likeness (QED) is 0.794. The highest BCUT2D eigenvalue weighted by Crippen LogP contribution is 2.34. The van der Waals surface area contributed by atoms with Gasteiger partial charge in [0.25, 0.3) is 0 Å². The number of amides is 2. The summed E-state index contributed by atoms with van der Waals surface area (Å²) in [6.07, 6.45) is -0.350. The largest absolute Gasteiger partial charge is 0.485 e. The predicted molar refractivity (Wildman–Crippen MR) is 97.7 cm³/mol. The molecule has 1 saturated carbocycles. The van der Waals surface area contributed by atoms with Crippen molar-refractivity contribution >= 4 is 6.03 Å². The van der Waals surface area contributed by atoms with Crippen LogP contribution in [0.3, 0.4) is 0 Å². The molecule has 3 aliphatic rings. The monoisotopic (exact) mass is 414 g/mol. The van der Waals surface area contributed by atoms with Gasteiger partial charge in [0.2, 0.25) is 0 Å². The Morgan fingerprint density at radius 3 is 2.55 bits per heavy atom. The molecular weight excluding hydrogens is 389 g/mol. The van der Waals surface area contributed by atoms with E-state index in [0.717, 1.165) is 37.8 Å². The van der Waals surface area contributed by atoms with E-state index in [2.05, 4.69) is 10.6 Å². The van der Waals surface area contributed by atoms with Crippen molar-refractivity contribution in [3.05, 3.63) is 29.8 Å². The average Bonchev–Trinajstić information content (AvgIpc) is 3.26. The molecule has 2 N–H and O–H groups in total. The summed E-state index contributed by atoms with van der Waals surface area (Å²) in [6, 6.07) is 4.39. The number of halogens is 3. The zero-order valence-electron chi connectivity index (χ0n) is 15.9. The van der Waals surface area contributed by atoms with E-state index in [1.807, 2.05) is 0 Å². The lowest BCUT2D eigenvalue weighted by Gasteiger charge is -2.24. The SMILES string of the molecule is O=C(NC1CCCCC1)N[C@H]1CO[C@H]2[C@@H]1OC[C@@H]2Oc1cccc(C(F)(F)F)c1. The molecule has 1 aromatic carbocycles. The number of hydrogen-bond donors (Lipinski definition) is 2. The third kappa shape index (κ3) is 4.78. The molecule has 0 aromatic heterocycles. The number of hydrogen-bond acceptors (Lipinski definition) is 4. The van der Waals surface area contributed by atoms with Crippen molar-refractivity contribution in [2.24, 2.45) is 0 Å². The molecule has 2 heterocycles. The second kappa shape index (κ2) is 8.39. The Bertz CT molecular complexity index is 724. The normalized spacial score (nSPS) is 30.0. The summed E-state index contributed by atoms with van der Waals surface area (Å²) in [5.74, 6) is 0.115. The Balaban J connectivity index is 1.31. The number of alkyl halides is 3. The van der Waals surface area contributed by atoms with E-state index in [-0.39, 0.29) is 43.2 Å². The third-order valence-electron chi connectivity index (χ3n) is 5.71. The number of rotatable bonds is 4. The van der Waals surface area contributed by atoms with Crippen LogP contribution in [0.25, 0.3) is 0 Å². The maximum Gasteiger partial charge on any atom is 0.416 e. The minimum atomic E-state index is -4.43. The molecule has 1 aliphatic carbocycles. The molecule has 2 amide bonds. The average molecular weight is 414 g/mol. The zero-order valence-corrected chi connectivity index (χ0v) is 15.9. The fraction of sp³-hybridized carbons (Fsp3) is 0.650. The minimum Gasteiger partial charge on any atom is -0.485 e. The van der Waals surface area contributed by atoms with E-state index >= 15 is 0 Å². The van der Waals surface area contributed by atoms with E-state index in [1.54, 1.807) is 0 Å². The van der Waals surface area contributed by atoms with Crippen molar-refractivity contribution < 1.29 is 32.2 Å².